The van der Waals surface area contributed by atoms with Gasteiger partial charge < -0.3 is 35.3 Å². The van der Waals surface area contributed by atoms with Crippen LogP contribution in [0.2, 0.25) is 0 Å². The molecule has 0 radical (unpaired) electrons. The first kappa shape index (κ1) is 30.4. The molecule has 6 aromatic rings. The van der Waals surface area contributed by atoms with E-state index in [1.54, 1.807) is 4.57 Å². The number of aromatic amines is 1. The lowest BCUT2D eigenvalue weighted by molar-refractivity contribution is -0.122. The van der Waals surface area contributed by atoms with Gasteiger partial charge in [0.1, 0.15) is 36.1 Å². The van der Waals surface area contributed by atoms with E-state index in [4.69, 9.17) is 9.47 Å². The number of ether oxygens (including phenoxy) is 2. The molecule has 3 aromatic carbocycles. The van der Waals surface area contributed by atoms with E-state index >= 15 is 0 Å². The molecule has 12 nitrogen and oxygen atoms in total. The van der Waals surface area contributed by atoms with Crippen LogP contribution in [0.3, 0.4) is 0 Å². The summed E-state index contributed by atoms with van der Waals surface area (Å²) in [7, 11) is 0. The number of anilines is 1. The second-order valence-electron chi connectivity index (χ2n) is 11.5. The van der Waals surface area contributed by atoms with E-state index in [0.29, 0.717) is 36.4 Å². The fraction of sp³-hybridized carbons (Fsp3) is 0.257. The van der Waals surface area contributed by atoms with Crippen molar-refractivity contribution in [1.82, 2.24) is 29.8 Å². The lowest BCUT2D eigenvalue weighted by atomic mass is 10.1. The standard InChI is InChI=1S/C35H35N7O5/c43-29(12-6-7-23-18-36-27-11-5-4-10-26(23)27)37-19-28-31(44)32(45)35(47-28)42-21-41-30-33(39-20-40-34(30)42)38-17-22-13-15-25(16-14-22)46-24-8-2-1-3-9-24/h1-5,8-11,13-16,18,20-21,28,31-32,35-36,44-45H,6-7,12,17,19H2,(H,37,43)(H,38,39,40)/t28-,31-,32-,35-/m1/s1. The first-order valence-corrected chi connectivity index (χ1v) is 15.6. The van der Waals surface area contributed by atoms with Crippen LogP contribution in [-0.4, -0.2) is 65.5 Å². The number of carbonyl (C=O) groups is 1. The number of aliphatic hydroxyl groups excluding tert-OH is 2. The number of hydrogen-bond acceptors (Lipinski definition) is 9. The van der Waals surface area contributed by atoms with E-state index in [9.17, 15) is 15.0 Å². The van der Waals surface area contributed by atoms with Crippen molar-refractivity contribution < 1.29 is 24.5 Å². The predicted octanol–water partition coefficient (Wildman–Crippen LogP) is 4.47. The third-order valence-corrected chi connectivity index (χ3v) is 8.36. The summed E-state index contributed by atoms with van der Waals surface area (Å²) in [5.74, 6) is 1.88. The average Bonchev–Trinajstić information content (AvgIpc) is 3.80. The van der Waals surface area contributed by atoms with E-state index in [-0.39, 0.29) is 12.5 Å². The van der Waals surface area contributed by atoms with Crippen LogP contribution in [0.25, 0.3) is 22.1 Å². The van der Waals surface area contributed by atoms with Gasteiger partial charge in [-0.2, -0.15) is 0 Å². The number of aliphatic hydroxyl groups is 2. The number of imidazole rings is 1. The fourth-order valence-corrected chi connectivity index (χ4v) is 5.86. The molecule has 240 valence electrons. The quantitative estimate of drug-likeness (QED) is 0.131. The SMILES string of the molecule is O=C(CCCc1c[nH]c2ccccc12)NC[C@H]1O[C@@H](n2cnc3c(NCc4ccc(Oc5ccccc5)cc4)ncnc32)[C@H](O)[C@@H]1O. The summed E-state index contributed by atoms with van der Waals surface area (Å²) in [5, 5.41) is 29.0. The molecule has 12 heteroatoms. The molecule has 3 aromatic heterocycles. The van der Waals surface area contributed by atoms with Crippen molar-refractivity contribution in [2.45, 2.75) is 50.3 Å². The van der Waals surface area contributed by atoms with Gasteiger partial charge in [0.25, 0.3) is 0 Å². The maximum absolute atomic E-state index is 12.6. The Kier molecular flexibility index (Phi) is 8.78. The summed E-state index contributed by atoms with van der Waals surface area (Å²) in [6.07, 6.45) is 2.46. The van der Waals surface area contributed by atoms with E-state index in [2.05, 4.69) is 36.6 Å². The molecular weight excluding hydrogens is 598 g/mol. The topological polar surface area (TPSA) is 159 Å². The summed E-state index contributed by atoms with van der Waals surface area (Å²) >= 11 is 0. The van der Waals surface area contributed by atoms with Crippen LogP contribution in [0.1, 0.15) is 30.2 Å². The van der Waals surface area contributed by atoms with Gasteiger partial charge in [-0.25, -0.2) is 15.0 Å². The Balaban J connectivity index is 0.931. The Morgan fingerprint density at radius 2 is 1.72 bits per heavy atom. The Morgan fingerprint density at radius 3 is 2.57 bits per heavy atom. The molecule has 0 aliphatic carbocycles. The zero-order valence-electron chi connectivity index (χ0n) is 25.5. The van der Waals surface area contributed by atoms with Crippen molar-refractivity contribution in [2.75, 3.05) is 11.9 Å². The van der Waals surface area contributed by atoms with E-state index in [1.165, 1.54) is 18.2 Å². The highest BCUT2D eigenvalue weighted by molar-refractivity contribution is 5.83. The Hall–Kier alpha value is -5.30. The van der Waals surface area contributed by atoms with Gasteiger partial charge in [-0.1, -0.05) is 48.5 Å². The number of aryl methyl sites for hydroxylation is 1. The molecule has 4 heterocycles. The van der Waals surface area contributed by atoms with Crippen molar-refractivity contribution in [3.05, 3.63) is 109 Å². The van der Waals surface area contributed by atoms with Crippen LogP contribution in [0.15, 0.2) is 97.7 Å². The van der Waals surface area contributed by atoms with Gasteiger partial charge in [0.2, 0.25) is 5.91 Å². The van der Waals surface area contributed by atoms with Gasteiger partial charge in [0, 0.05) is 36.6 Å². The predicted molar refractivity (Wildman–Crippen MR) is 176 cm³/mol. The molecule has 47 heavy (non-hydrogen) atoms. The number of aromatic nitrogens is 5. The summed E-state index contributed by atoms with van der Waals surface area (Å²) in [6.45, 7) is 0.541. The van der Waals surface area contributed by atoms with Crippen LogP contribution in [0.4, 0.5) is 5.82 Å². The molecule has 1 amide bonds. The number of para-hydroxylation sites is 2. The number of carbonyl (C=O) groups excluding carboxylic acids is 1. The zero-order valence-corrected chi connectivity index (χ0v) is 25.5. The van der Waals surface area contributed by atoms with E-state index in [1.807, 2.05) is 79.0 Å². The largest absolute Gasteiger partial charge is 0.457 e. The van der Waals surface area contributed by atoms with Crippen molar-refractivity contribution in [1.29, 1.82) is 0 Å². The zero-order chi connectivity index (χ0) is 32.2. The van der Waals surface area contributed by atoms with Gasteiger partial charge in [0.15, 0.2) is 23.2 Å². The molecule has 4 atom stereocenters. The normalized spacial score (nSPS) is 19.3. The van der Waals surface area contributed by atoms with Crippen molar-refractivity contribution >= 4 is 33.8 Å². The van der Waals surface area contributed by atoms with Crippen LogP contribution in [0.5, 0.6) is 11.5 Å². The molecular formula is C35H35N7O5. The molecule has 5 N–H and O–H groups in total. The summed E-state index contributed by atoms with van der Waals surface area (Å²) in [5.41, 5.74) is 4.19. The average molecular weight is 634 g/mol. The molecule has 0 unspecified atom stereocenters. The van der Waals surface area contributed by atoms with Gasteiger partial charge in [-0.3, -0.25) is 9.36 Å². The molecule has 0 spiro atoms. The summed E-state index contributed by atoms with van der Waals surface area (Å²) in [6, 6.07) is 25.4. The number of fused-ring (bicyclic) bond motifs is 2. The molecule has 1 saturated heterocycles. The van der Waals surface area contributed by atoms with E-state index in [0.717, 1.165) is 34.4 Å². The smallest absolute Gasteiger partial charge is 0.220 e. The Labute approximate surface area is 270 Å². The van der Waals surface area contributed by atoms with Gasteiger partial charge >= 0.3 is 0 Å². The molecule has 0 bridgehead atoms. The van der Waals surface area contributed by atoms with Crippen molar-refractivity contribution in [2.24, 2.45) is 0 Å². The number of nitrogens with zero attached hydrogens (tertiary/aromatic N) is 4. The maximum atomic E-state index is 12.6. The van der Waals surface area contributed by atoms with Gasteiger partial charge in [-0.15, -0.1) is 0 Å². The Bertz CT molecular complexity index is 1960. The second-order valence-corrected chi connectivity index (χ2v) is 11.5. The summed E-state index contributed by atoms with van der Waals surface area (Å²) < 4.78 is 13.5. The number of amides is 1. The third-order valence-electron chi connectivity index (χ3n) is 8.36. The van der Waals surface area contributed by atoms with Crippen molar-refractivity contribution in [3.63, 3.8) is 0 Å². The Morgan fingerprint density at radius 1 is 0.936 bits per heavy atom. The van der Waals surface area contributed by atoms with Crippen LogP contribution >= 0.6 is 0 Å². The first-order chi connectivity index (χ1) is 23.0. The highest BCUT2D eigenvalue weighted by Gasteiger charge is 2.44. The molecule has 7 rings (SSSR count). The maximum Gasteiger partial charge on any atom is 0.220 e. The fourth-order valence-electron chi connectivity index (χ4n) is 5.86. The second kappa shape index (κ2) is 13.6. The number of H-pyrrole nitrogens is 1. The number of hydrogen-bond donors (Lipinski definition) is 5. The van der Waals surface area contributed by atoms with Crippen LogP contribution < -0.4 is 15.4 Å². The molecule has 1 fully saturated rings. The van der Waals surface area contributed by atoms with E-state index < -0.39 is 24.5 Å². The number of rotatable bonds is 12. The highest BCUT2D eigenvalue weighted by Crippen LogP contribution is 2.32. The monoisotopic (exact) mass is 633 g/mol. The number of nitrogens with one attached hydrogen (secondary N) is 3. The van der Waals surface area contributed by atoms with Crippen LogP contribution in [0, 0.1) is 0 Å². The first-order valence-electron chi connectivity index (χ1n) is 15.6. The molecule has 0 saturated carbocycles. The molecule has 1 aliphatic heterocycles. The lowest BCUT2D eigenvalue weighted by Gasteiger charge is -2.16. The highest BCUT2D eigenvalue weighted by atomic mass is 16.6. The minimum atomic E-state index is -1.25. The third kappa shape index (κ3) is 6.66. The van der Waals surface area contributed by atoms with Crippen LogP contribution in [-0.2, 0) is 22.5 Å². The van der Waals surface area contributed by atoms with Gasteiger partial charge in [0.05, 0.1) is 6.33 Å². The number of benzene rings is 3. The molecule has 1 aliphatic rings. The van der Waals surface area contributed by atoms with Gasteiger partial charge in [-0.05, 0) is 54.3 Å². The minimum Gasteiger partial charge on any atom is -0.457 e. The minimum absolute atomic E-state index is 0.0598. The lowest BCUT2D eigenvalue weighted by Crippen LogP contribution is -2.39. The van der Waals surface area contributed by atoms with Crippen molar-refractivity contribution in [3.8, 4) is 11.5 Å². The summed E-state index contributed by atoms with van der Waals surface area (Å²) in [4.78, 5) is 29.1.